The van der Waals surface area contributed by atoms with Gasteiger partial charge in [-0.15, -0.1) is 0 Å². The molecule has 0 amide bonds. The third-order valence-electron chi connectivity index (χ3n) is 12.0. The zero-order valence-electron chi connectivity index (χ0n) is 34.2. The monoisotopic (exact) mass is 765 g/mol. The number of nitrogens with two attached hydrogens (primary N) is 1. The van der Waals surface area contributed by atoms with E-state index in [4.69, 9.17) is 33.7 Å². The molecule has 2 N–H and O–H groups in total. The summed E-state index contributed by atoms with van der Waals surface area (Å²) in [7, 11) is -6.79. The Labute approximate surface area is 314 Å². The molecule has 1 aliphatic rings. The third-order valence-corrected chi connectivity index (χ3v) is 25.4. The molecule has 286 valence electrons. The maximum atomic E-state index is 7.38. The van der Waals surface area contributed by atoms with E-state index in [2.05, 4.69) is 124 Å². The number of hydrogen-bond donors (Lipinski definition) is 1. The fourth-order valence-corrected chi connectivity index (χ4v) is 9.08. The number of imidazole rings is 1. The second-order valence-electron chi connectivity index (χ2n) is 19.0. The van der Waals surface area contributed by atoms with E-state index < -0.39 is 37.3 Å². The molecule has 14 heteroatoms. The minimum absolute atomic E-state index is 0.0271. The minimum Gasteiger partial charge on any atom is -0.414 e. The van der Waals surface area contributed by atoms with Gasteiger partial charge in [-0.1, -0.05) is 92.6 Å². The van der Waals surface area contributed by atoms with Gasteiger partial charge in [0.15, 0.2) is 48.5 Å². The highest BCUT2D eigenvalue weighted by Crippen LogP contribution is 2.47. The molecule has 1 saturated heterocycles. The molecular formula is C38H63N7O4Si3. The number of aromatic nitrogens is 6. The molecule has 5 rings (SSSR count). The molecular weight excluding hydrogens is 703 g/mol. The molecule has 0 spiro atoms. The quantitative estimate of drug-likeness (QED) is 0.149. The van der Waals surface area contributed by atoms with Crippen LogP contribution in [0.15, 0.2) is 49.1 Å². The smallest absolute Gasteiger partial charge is 0.192 e. The number of hydrogen-bond acceptors (Lipinski definition) is 9. The van der Waals surface area contributed by atoms with Crippen LogP contribution in [0.4, 0.5) is 5.82 Å². The Balaban J connectivity index is 1.60. The normalized spacial score (nSPS) is 21.0. The lowest BCUT2D eigenvalue weighted by atomic mass is 10.1. The van der Waals surface area contributed by atoms with Crippen molar-refractivity contribution in [1.82, 2.24) is 29.3 Å². The van der Waals surface area contributed by atoms with Crippen LogP contribution in [0.5, 0.6) is 0 Å². The van der Waals surface area contributed by atoms with Crippen LogP contribution in [-0.4, -0.2) is 79.2 Å². The third kappa shape index (κ3) is 8.32. The number of anilines is 1. The Morgan fingerprint density at radius 3 is 1.94 bits per heavy atom. The van der Waals surface area contributed by atoms with Gasteiger partial charge in [0.2, 0.25) is 0 Å². The molecule has 0 aliphatic carbocycles. The molecule has 4 aromatic rings. The largest absolute Gasteiger partial charge is 0.414 e. The van der Waals surface area contributed by atoms with Crippen LogP contribution >= 0.6 is 0 Å². The lowest BCUT2D eigenvalue weighted by molar-refractivity contribution is -0.0470. The standard InChI is InChI=1S/C38H63N7O4Si3/c1-36(2,3)50(10,11)46-24-28-30(48-51(12,13)37(4,5)6)31(49-52(14,15)38(7,8)9)35(47-28)45-25-40-29-32(39)42-33(43-34(29)45)27-21-41-44(23-27)22-26-19-17-16-18-20-26/h16-21,23,25,28,30-31,35H,22,24H2,1-15H3,(H2,39,42,43)/t28-,30-,31-,35?/m1/s1. The van der Waals surface area contributed by atoms with Gasteiger partial charge in [0.1, 0.15) is 23.8 Å². The first-order valence-electron chi connectivity index (χ1n) is 18.5. The molecule has 4 atom stereocenters. The number of benzene rings is 1. The number of ether oxygens (including phenoxy) is 1. The summed E-state index contributed by atoms with van der Waals surface area (Å²) >= 11 is 0. The summed E-state index contributed by atoms with van der Waals surface area (Å²) in [4.78, 5) is 14.5. The molecule has 1 aliphatic heterocycles. The highest BCUT2D eigenvalue weighted by Gasteiger charge is 2.55. The Bertz CT molecular complexity index is 1840. The molecule has 3 aromatic heterocycles. The lowest BCUT2D eigenvalue weighted by Crippen LogP contribution is -2.54. The average Bonchev–Trinajstić information content (AvgIpc) is 3.73. The van der Waals surface area contributed by atoms with Crippen molar-refractivity contribution in [3.05, 3.63) is 54.6 Å². The highest BCUT2D eigenvalue weighted by molar-refractivity contribution is 6.75. The maximum Gasteiger partial charge on any atom is 0.192 e. The van der Waals surface area contributed by atoms with E-state index in [9.17, 15) is 0 Å². The zero-order chi connectivity index (χ0) is 38.7. The first kappa shape index (κ1) is 40.5. The Morgan fingerprint density at radius 1 is 0.788 bits per heavy atom. The summed E-state index contributed by atoms with van der Waals surface area (Å²) in [5, 5.41) is 4.56. The van der Waals surface area contributed by atoms with Gasteiger partial charge in [-0.3, -0.25) is 9.25 Å². The first-order chi connectivity index (χ1) is 23.8. The van der Waals surface area contributed by atoms with E-state index in [0.29, 0.717) is 36.0 Å². The van der Waals surface area contributed by atoms with Crippen molar-refractivity contribution in [3.63, 3.8) is 0 Å². The van der Waals surface area contributed by atoms with Crippen molar-refractivity contribution in [3.8, 4) is 11.4 Å². The van der Waals surface area contributed by atoms with E-state index in [1.165, 1.54) is 0 Å². The van der Waals surface area contributed by atoms with Crippen LogP contribution in [0.2, 0.25) is 54.4 Å². The van der Waals surface area contributed by atoms with Crippen molar-refractivity contribution >= 4 is 41.9 Å². The van der Waals surface area contributed by atoms with Crippen molar-refractivity contribution in [1.29, 1.82) is 0 Å². The Kier molecular flexibility index (Phi) is 11.0. The molecule has 4 heterocycles. The Morgan fingerprint density at radius 2 is 1.37 bits per heavy atom. The lowest BCUT2D eigenvalue weighted by Gasteiger charge is -2.44. The van der Waals surface area contributed by atoms with E-state index in [1.54, 1.807) is 12.5 Å². The van der Waals surface area contributed by atoms with Crippen LogP contribution in [-0.2, 0) is 24.6 Å². The number of rotatable bonds is 11. The molecule has 0 saturated carbocycles. The second-order valence-corrected chi connectivity index (χ2v) is 33.3. The minimum atomic E-state index is -2.36. The molecule has 52 heavy (non-hydrogen) atoms. The Hall–Kier alpha value is -2.73. The van der Waals surface area contributed by atoms with E-state index >= 15 is 0 Å². The fraction of sp³-hybridized carbons (Fsp3) is 0.632. The summed E-state index contributed by atoms with van der Waals surface area (Å²) in [6.07, 6.45) is 3.68. The van der Waals surface area contributed by atoms with Gasteiger partial charge in [0.25, 0.3) is 0 Å². The molecule has 1 fully saturated rings. The predicted molar refractivity (Wildman–Crippen MR) is 218 cm³/mol. The van der Waals surface area contributed by atoms with Crippen molar-refractivity contribution in [2.24, 2.45) is 0 Å². The van der Waals surface area contributed by atoms with Gasteiger partial charge in [0.05, 0.1) is 31.2 Å². The van der Waals surface area contributed by atoms with Crippen molar-refractivity contribution in [2.75, 3.05) is 12.3 Å². The van der Waals surface area contributed by atoms with Gasteiger partial charge < -0.3 is 23.7 Å². The SMILES string of the molecule is CC(C)(C)[Si](C)(C)OC[C@H]1OC(n2cnc3c(N)nc(-c4cnn(Cc5ccccc5)c4)nc32)[C@H](O[Si](C)(C)C(C)(C)C)[C@@H]1O[Si](C)(C)C(C)(C)C. The second kappa shape index (κ2) is 14.2. The van der Waals surface area contributed by atoms with Crippen LogP contribution in [0, 0.1) is 0 Å². The number of nitrogens with zero attached hydrogens (tertiary/aromatic N) is 6. The maximum absolute atomic E-state index is 7.38. The van der Waals surface area contributed by atoms with E-state index in [-0.39, 0.29) is 27.3 Å². The highest BCUT2D eigenvalue weighted by atomic mass is 28.4. The van der Waals surface area contributed by atoms with Crippen LogP contribution in [0.25, 0.3) is 22.6 Å². The molecule has 1 aromatic carbocycles. The van der Waals surface area contributed by atoms with Gasteiger partial charge in [-0.2, -0.15) is 5.10 Å². The number of fused-ring (bicyclic) bond motifs is 1. The summed E-state index contributed by atoms with van der Waals surface area (Å²) in [6.45, 7) is 35.1. The first-order valence-corrected chi connectivity index (χ1v) is 27.3. The summed E-state index contributed by atoms with van der Waals surface area (Å²) in [6, 6.07) is 10.2. The van der Waals surface area contributed by atoms with Crippen molar-refractivity contribution in [2.45, 2.75) is 148 Å². The average molecular weight is 766 g/mol. The molecule has 11 nitrogen and oxygen atoms in total. The molecule has 0 radical (unpaired) electrons. The van der Waals surface area contributed by atoms with Crippen molar-refractivity contribution < 1.29 is 18.0 Å². The van der Waals surface area contributed by atoms with Crippen LogP contribution in [0.1, 0.15) is 74.1 Å². The summed E-state index contributed by atoms with van der Waals surface area (Å²) in [5.74, 6) is 0.763. The van der Waals surface area contributed by atoms with Gasteiger partial charge >= 0.3 is 0 Å². The van der Waals surface area contributed by atoms with Gasteiger partial charge in [-0.25, -0.2) is 15.0 Å². The predicted octanol–water partition coefficient (Wildman–Crippen LogP) is 9.02. The molecule has 0 bridgehead atoms. The van der Waals surface area contributed by atoms with Crippen LogP contribution < -0.4 is 5.73 Å². The summed E-state index contributed by atoms with van der Waals surface area (Å²) in [5.41, 5.74) is 9.60. The molecule has 1 unspecified atom stereocenters. The topological polar surface area (TPSA) is 124 Å². The fourth-order valence-electron chi connectivity index (χ4n) is 5.46. The summed E-state index contributed by atoms with van der Waals surface area (Å²) < 4.78 is 32.6. The van der Waals surface area contributed by atoms with E-state index in [1.807, 2.05) is 33.6 Å². The van der Waals surface area contributed by atoms with E-state index in [0.717, 1.165) is 11.1 Å². The van der Waals surface area contributed by atoms with Crippen LogP contribution in [0.3, 0.4) is 0 Å². The van der Waals surface area contributed by atoms with Gasteiger partial charge in [0, 0.05) is 6.20 Å². The number of nitrogen functional groups attached to an aromatic ring is 1. The van der Waals surface area contributed by atoms with Gasteiger partial charge in [-0.05, 0) is 60.0 Å². The zero-order valence-corrected chi connectivity index (χ0v) is 37.2.